The van der Waals surface area contributed by atoms with Crippen LogP contribution in [0, 0.1) is 0 Å². The second kappa shape index (κ2) is 8.55. The summed E-state index contributed by atoms with van der Waals surface area (Å²) in [6.45, 7) is 13.6. The van der Waals surface area contributed by atoms with Crippen molar-refractivity contribution < 1.29 is 4.43 Å². The lowest BCUT2D eigenvalue weighted by Gasteiger charge is -2.52. The van der Waals surface area contributed by atoms with Crippen molar-refractivity contribution in [1.82, 2.24) is 0 Å². The predicted molar refractivity (Wildman–Crippen MR) is 96.4 cm³/mol. The maximum atomic E-state index is 6.93. The van der Waals surface area contributed by atoms with Gasteiger partial charge >= 0.3 is 0 Å². The fourth-order valence-electron chi connectivity index (χ4n) is 4.45. The Morgan fingerprint density at radius 2 is 1.70 bits per heavy atom. The molecule has 3 heteroatoms. The molecule has 0 radical (unpaired) electrons. The van der Waals surface area contributed by atoms with Crippen molar-refractivity contribution in [2.75, 3.05) is 0 Å². The average molecular weight is 313 g/mol. The minimum atomic E-state index is -1.42. The van der Waals surface area contributed by atoms with Crippen LogP contribution in [0.25, 0.3) is 0 Å². The largest absolute Gasteiger partial charge is 0.417 e. The van der Waals surface area contributed by atoms with Crippen molar-refractivity contribution in [2.24, 2.45) is 0 Å². The Kier molecular flexibility index (Phi) is 7.77. The zero-order valence-electron chi connectivity index (χ0n) is 14.3. The molecular formula is C17H36OSi2. The Hall–Kier alpha value is 0.134. The van der Waals surface area contributed by atoms with Gasteiger partial charge in [-0.15, -0.1) is 6.58 Å². The van der Waals surface area contributed by atoms with E-state index in [1.54, 1.807) is 6.04 Å². The topological polar surface area (TPSA) is 9.23 Å². The summed E-state index contributed by atoms with van der Waals surface area (Å²) in [6.07, 6.45) is 9.06. The second-order valence-corrected chi connectivity index (χ2v) is 20.6. The van der Waals surface area contributed by atoms with E-state index in [0.717, 1.165) is 0 Å². The first-order valence-corrected chi connectivity index (χ1v) is 14.9. The lowest BCUT2D eigenvalue weighted by Crippen LogP contribution is -2.67. The minimum absolute atomic E-state index is 0.588. The molecule has 1 heterocycles. The van der Waals surface area contributed by atoms with E-state index in [9.17, 15) is 0 Å². The van der Waals surface area contributed by atoms with Crippen LogP contribution in [0.3, 0.4) is 0 Å². The van der Waals surface area contributed by atoms with E-state index >= 15 is 0 Å². The van der Waals surface area contributed by atoms with Crippen molar-refractivity contribution in [3.05, 3.63) is 12.7 Å². The van der Waals surface area contributed by atoms with Crippen LogP contribution in [0.5, 0.6) is 0 Å². The van der Waals surface area contributed by atoms with Gasteiger partial charge in [-0.05, 0) is 37.8 Å². The minimum Gasteiger partial charge on any atom is -0.417 e. The summed E-state index contributed by atoms with van der Waals surface area (Å²) < 4.78 is 6.93. The second-order valence-electron chi connectivity index (χ2n) is 6.54. The van der Waals surface area contributed by atoms with Gasteiger partial charge in [-0.1, -0.05) is 58.3 Å². The number of unbranched alkanes of at least 4 members (excludes halogenated alkanes) is 2. The molecule has 1 nitrogen and oxygen atoms in total. The molecule has 0 aliphatic carbocycles. The number of hydrogen-bond acceptors (Lipinski definition) is 1. The van der Waals surface area contributed by atoms with Gasteiger partial charge in [-0.2, -0.15) is 0 Å². The summed E-state index contributed by atoms with van der Waals surface area (Å²) in [7, 11) is -2.53. The smallest absolute Gasteiger partial charge is 0.180 e. The predicted octanol–water partition coefficient (Wildman–Crippen LogP) is 6.07. The molecule has 1 aliphatic heterocycles. The van der Waals surface area contributed by atoms with E-state index in [4.69, 9.17) is 4.43 Å². The Morgan fingerprint density at radius 3 is 2.20 bits per heavy atom. The van der Waals surface area contributed by atoms with E-state index in [-0.39, 0.29) is 0 Å². The van der Waals surface area contributed by atoms with Gasteiger partial charge in [0.2, 0.25) is 0 Å². The highest BCUT2D eigenvalue weighted by Crippen LogP contribution is 2.44. The van der Waals surface area contributed by atoms with Crippen LogP contribution in [0.4, 0.5) is 0 Å². The SMILES string of the molecule is C=CCCCCC1CC[Si](CC)(CC)[Si](CC)(CC)O1. The molecule has 1 unspecified atom stereocenters. The molecule has 0 aromatic rings. The lowest BCUT2D eigenvalue weighted by molar-refractivity contribution is 0.167. The zero-order valence-corrected chi connectivity index (χ0v) is 16.3. The van der Waals surface area contributed by atoms with Crippen LogP contribution in [-0.2, 0) is 4.43 Å². The fraction of sp³-hybridized carbons (Fsp3) is 0.882. The molecule has 0 aromatic carbocycles. The van der Waals surface area contributed by atoms with E-state index < -0.39 is 15.4 Å². The van der Waals surface area contributed by atoms with Crippen LogP contribution in [0.15, 0.2) is 12.7 Å². The van der Waals surface area contributed by atoms with E-state index in [0.29, 0.717) is 6.10 Å². The standard InChI is InChI=1S/C17H36OSi2/c1-6-11-12-13-14-17-15-16-19(7-2,8-3)20(9-4,10-5)18-17/h6,17H,1,7-16H2,2-5H3. The Bertz CT molecular complexity index is 283. The summed E-state index contributed by atoms with van der Waals surface area (Å²) in [4.78, 5) is 0. The first-order valence-electron chi connectivity index (χ1n) is 8.92. The van der Waals surface area contributed by atoms with Gasteiger partial charge in [0.25, 0.3) is 0 Å². The summed E-state index contributed by atoms with van der Waals surface area (Å²) >= 11 is 0. The molecule has 0 aromatic heterocycles. The summed E-state index contributed by atoms with van der Waals surface area (Å²) in [5.41, 5.74) is 0. The normalized spacial score (nSPS) is 24.5. The lowest BCUT2D eigenvalue weighted by atomic mass is 10.1. The highest BCUT2D eigenvalue weighted by Gasteiger charge is 2.55. The third-order valence-electron chi connectivity index (χ3n) is 5.98. The maximum absolute atomic E-state index is 6.93. The number of hydrogen-bond donors (Lipinski definition) is 0. The van der Waals surface area contributed by atoms with Crippen molar-refractivity contribution in [3.63, 3.8) is 0 Å². The van der Waals surface area contributed by atoms with Crippen molar-refractivity contribution >= 4 is 15.4 Å². The van der Waals surface area contributed by atoms with Crippen LogP contribution in [0.2, 0.25) is 30.2 Å². The summed E-state index contributed by atoms with van der Waals surface area (Å²) in [6, 6.07) is 7.20. The third-order valence-corrected chi connectivity index (χ3v) is 26.1. The van der Waals surface area contributed by atoms with Crippen molar-refractivity contribution in [1.29, 1.82) is 0 Å². The quantitative estimate of drug-likeness (QED) is 0.285. The maximum Gasteiger partial charge on any atom is 0.180 e. The molecule has 1 aliphatic rings. The van der Waals surface area contributed by atoms with Gasteiger partial charge in [0.15, 0.2) is 7.83 Å². The molecular weight excluding hydrogens is 276 g/mol. The Labute approximate surface area is 129 Å². The van der Waals surface area contributed by atoms with Gasteiger partial charge in [0, 0.05) is 6.10 Å². The molecule has 1 rings (SSSR count). The van der Waals surface area contributed by atoms with Crippen LogP contribution in [-0.4, -0.2) is 21.5 Å². The Morgan fingerprint density at radius 1 is 1.05 bits per heavy atom. The average Bonchev–Trinajstić information content (AvgIpc) is 2.51. The molecule has 1 atom stereocenters. The van der Waals surface area contributed by atoms with Gasteiger partial charge < -0.3 is 4.43 Å². The highest BCUT2D eigenvalue weighted by molar-refractivity contribution is 7.40. The number of allylic oxidation sites excluding steroid dienone is 1. The fourth-order valence-corrected chi connectivity index (χ4v) is 23.1. The van der Waals surface area contributed by atoms with Crippen molar-refractivity contribution in [3.8, 4) is 0 Å². The zero-order chi connectivity index (χ0) is 15.1. The van der Waals surface area contributed by atoms with Crippen LogP contribution < -0.4 is 0 Å². The molecule has 20 heavy (non-hydrogen) atoms. The van der Waals surface area contributed by atoms with Gasteiger partial charge in [0.1, 0.15) is 0 Å². The van der Waals surface area contributed by atoms with Crippen LogP contribution >= 0.6 is 0 Å². The molecule has 0 saturated carbocycles. The van der Waals surface area contributed by atoms with Gasteiger partial charge in [-0.3, -0.25) is 0 Å². The van der Waals surface area contributed by atoms with E-state index in [2.05, 4.69) is 34.3 Å². The van der Waals surface area contributed by atoms with E-state index in [1.807, 2.05) is 6.08 Å². The molecule has 0 amide bonds. The van der Waals surface area contributed by atoms with Gasteiger partial charge in [0.05, 0.1) is 7.59 Å². The number of rotatable bonds is 9. The molecule has 0 spiro atoms. The Balaban J connectivity index is 2.70. The first-order chi connectivity index (χ1) is 9.63. The van der Waals surface area contributed by atoms with E-state index in [1.165, 1.54) is 56.3 Å². The first kappa shape index (κ1) is 18.2. The highest BCUT2D eigenvalue weighted by atomic mass is 29.3. The summed E-state index contributed by atoms with van der Waals surface area (Å²) in [5, 5.41) is 0. The molecule has 1 saturated heterocycles. The van der Waals surface area contributed by atoms with Gasteiger partial charge in [-0.25, -0.2) is 0 Å². The van der Waals surface area contributed by atoms with Crippen LogP contribution in [0.1, 0.15) is 59.8 Å². The molecule has 0 bridgehead atoms. The molecule has 118 valence electrons. The third kappa shape index (κ3) is 3.66. The monoisotopic (exact) mass is 312 g/mol. The molecule has 0 N–H and O–H groups in total. The molecule has 1 fully saturated rings. The summed E-state index contributed by atoms with van der Waals surface area (Å²) in [5.74, 6) is 0. The van der Waals surface area contributed by atoms with Crippen molar-refractivity contribution in [2.45, 2.75) is 96.1 Å².